The van der Waals surface area contributed by atoms with Gasteiger partial charge in [-0.1, -0.05) is 24.4 Å². The Kier molecular flexibility index (Phi) is 7.52. The summed E-state index contributed by atoms with van der Waals surface area (Å²) in [6.45, 7) is 1.36. The summed E-state index contributed by atoms with van der Waals surface area (Å²) < 4.78 is 37.7. The maximum absolute atomic E-state index is 12.8. The number of hydrogen-bond donors (Lipinski definition) is 0. The molecule has 2 aromatic carbocycles. The van der Waals surface area contributed by atoms with Crippen molar-refractivity contribution in [3.8, 4) is 5.75 Å². The molecule has 0 spiro atoms. The fourth-order valence-electron chi connectivity index (χ4n) is 3.10. The van der Waals surface area contributed by atoms with Crippen LogP contribution in [0.15, 0.2) is 53.4 Å². The summed E-state index contributed by atoms with van der Waals surface area (Å²) in [4.78, 5) is 12.3. The second kappa shape index (κ2) is 10.1. The maximum Gasteiger partial charge on any atom is 0.338 e. The molecule has 1 aliphatic heterocycles. The number of sulfonamides is 1. The highest BCUT2D eigenvalue weighted by atomic mass is 35.5. The first-order chi connectivity index (χ1) is 14.0. The Morgan fingerprint density at radius 1 is 0.897 bits per heavy atom. The largest absolute Gasteiger partial charge is 0.490 e. The molecule has 0 radical (unpaired) electrons. The SMILES string of the molecule is O=C(OCCOc1ccc(Cl)cc1)c1ccc(S(=O)(=O)N2CCCCCC2)cc1. The highest BCUT2D eigenvalue weighted by Crippen LogP contribution is 2.21. The molecule has 0 atom stereocenters. The third-order valence-corrected chi connectivity index (χ3v) is 6.86. The van der Waals surface area contributed by atoms with Crippen molar-refractivity contribution in [1.29, 1.82) is 0 Å². The van der Waals surface area contributed by atoms with Crippen LogP contribution in [0.25, 0.3) is 0 Å². The van der Waals surface area contributed by atoms with E-state index in [1.165, 1.54) is 28.6 Å². The summed E-state index contributed by atoms with van der Waals surface area (Å²) in [5.41, 5.74) is 0.298. The molecule has 1 saturated heterocycles. The van der Waals surface area contributed by atoms with E-state index in [0.717, 1.165) is 25.7 Å². The Hall–Kier alpha value is -2.09. The van der Waals surface area contributed by atoms with E-state index in [1.54, 1.807) is 24.3 Å². The molecule has 0 unspecified atom stereocenters. The van der Waals surface area contributed by atoms with Gasteiger partial charge in [-0.05, 0) is 61.4 Å². The van der Waals surface area contributed by atoms with Crippen LogP contribution in [0.1, 0.15) is 36.0 Å². The number of ether oxygens (including phenoxy) is 2. The van der Waals surface area contributed by atoms with Gasteiger partial charge in [-0.2, -0.15) is 4.31 Å². The first-order valence-corrected chi connectivity index (χ1v) is 11.4. The van der Waals surface area contributed by atoms with Gasteiger partial charge in [0.25, 0.3) is 0 Å². The summed E-state index contributed by atoms with van der Waals surface area (Å²) in [6, 6.07) is 12.8. The normalized spacial score (nSPS) is 15.5. The van der Waals surface area contributed by atoms with Gasteiger partial charge in [0.1, 0.15) is 19.0 Å². The third-order valence-electron chi connectivity index (χ3n) is 4.69. The highest BCUT2D eigenvalue weighted by Gasteiger charge is 2.25. The lowest BCUT2D eigenvalue weighted by molar-refractivity contribution is 0.0450. The smallest absolute Gasteiger partial charge is 0.338 e. The quantitative estimate of drug-likeness (QED) is 0.480. The predicted octanol–water partition coefficient (Wildman–Crippen LogP) is 4.14. The summed E-state index contributed by atoms with van der Waals surface area (Å²) in [5.74, 6) is 0.108. The molecule has 0 aliphatic carbocycles. The average Bonchev–Trinajstić information content (AvgIpc) is 3.03. The Morgan fingerprint density at radius 2 is 1.52 bits per heavy atom. The molecular formula is C21H24ClNO5S. The van der Waals surface area contributed by atoms with Crippen LogP contribution in [0.3, 0.4) is 0 Å². The van der Waals surface area contributed by atoms with Gasteiger partial charge < -0.3 is 9.47 Å². The minimum absolute atomic E-state index is 0.0787. The van der Waals surface area contributed by atoms with Crippen LogP contribution in [0.2, 0.25) is 5.02 Å². The van der Waals surface area contributed by atoms with Crippen molar-refractivity contribution < 1.29 is 22.7 Å². The van der Waals surface area contributed by atoms with Crippen molar-refractivity contribution in [3.63, 3.8) is 0 Å². The van der Waals surface area contributed by atoms with Gasteiger partial charge in [0.05, 0.1) is 10.5 Å². The van der Waals surface area contributed by atoms with Gasteiger partial charge in [0.15, 0.2) is 0 Å². The van der Waals surface area contributed by atoms with Crippen LogP contribution in [0, 0.1) is 0 Å². The van der Waals surface area contributed by atoms with Crippen LogP contribution in [0.4, 0.5) is 0 Å². The molecule has 1 aliphatic rings. The van der Waals surface area contributed by atoms with E-state index in [0.29, 0.717) is 29.4 Å². The fraction of sp³-hybridized carbons (Fsp3) is 0.381. The van der Waals surface area contributed by atoms with E-state index in [-0.39, 0.29) is 18.1 Å². The number of carbonyl (C=O) groups is 1. The number of rotatable bonds is 7. The Balaban J connectivity index is 1.52. The molecule has 2 aromatic rings. The predicted molar refractivity (Wildman–Crippen MR) is 111 cm³/mol. The first-order valence-electron chi connectivity index (χ1n) is 9.62. The van der Waals surface area contributed by atoms with E-state index in [4.69, 9.17) is 21.1 Å². The molecule has 0 N–H and O–H groups in total. The van der Waals surface area contributed by atoms with Gasteiger partial charge in [-0.15, -0.1) is 0 Å². The number of carbonyl (C=O) groups excluding carboxylic acids is 1. The lowest BCUT2D eigenvalue weighted by Crippen LogP contribution is -2.31. The third kappa shape index (κ3) is 5.95. The maximum atomic E-state index is 12.8. The zero-order valence-electron chi connectivity index (χ0n) is 16.1. The summed E-state index contributed by atoms with van der Waals surface area (Å²) in [5, 5.41) is 0.616. The fourth-order valence-corrected chi connectivity index (χ4v) is 4.75. The van der Waals surface area contributed by atoms with E-state index >= 15 is 0 Å². The van der Waals surface area contributed by atoms with E-state index in [9.17, 15) is 13.2 Å². The molecule has 0 bridgehead atoms. The van der Waals surface area contributed by atoms with Gasteiger partial charge in [-0.3, -0.25) is 0 Å². The second-order valence-corrected chi connectivity index (χ2v) is 9.16. The summed E-state index contributed by atoms with van der Waals surface area (Å²) in [7, 11) is -3.53. The van der Waals surface area contributed by atoms with Crippen LogP contribution >= 0.6 is 11.6 Å². The van der Waals surface area contributed by atoms with Crippen molar-refractivity contribution in [2.45, 2.75) is 30.6 Å². The molecule has 29 heavy (non-hydrogen) atoms. The molecule has 0 aromatic heterocycles. The Bertz CT molecular complexity index is 905. The average molecular weight is 438 g/mol. The lowest BCUT2D eigenvalue weighted by atomic mass is 10.2. The topological polar surface area (TPSA) is 72.9 Å². The minimum Gasteiger partial charge on any atom is -0.490 e. The molecule has 8 heteroatoms. The van der Waals surface area contributed by atoms with E-state index in [1.807, 2.05) is 0 Å². The summed E-state index contributed by atoms with van der Waals surface area (Å²) in [6.07, 6.45) is 3.86. The number of nitrogens with zero attached hydrogens (tertiary/aromatic N) is 1. The zero-order chi connectivity index (χ0) is 20.7. The molecule has 1 heterocycles. The van der Waals surface area contributed by atoms with Crippen LogP contribution < -0.4 is 4.74 Å². The zero-order valence-corrected chi connectivity index (χ0v) is 17.6. The van der Waals surface area contributed by atoms with Gasteiger partial charge in [0.2, 0.25) is 10.0 Å². The number of benzene rings is 2. The van der Waals surface area contributed by atoms with Crippen molar-refractivity contribution >= 4 is 27.6 Å². The van der Waals surface area contributed by atoms with Crippen LogP contribution in [-0.4, -0.2) is 45.0 Å². The molecule has 1 fully saturated rings. The number of hydrogen-bond acceptors (Lipinski definition) is 5. The molecule has 3 rings (SSSR count). The van der Waals surface area contributed by atoms with Gasteiger partial charge >= 0.3 is 5.97 Å². The van der Waals surface area contributed by atoms with Crippen molar-refractivity contribution in [2.24, 2.45) is 0 Å². The first kappa shape index (κ1) is 21.6. The van der Waals surface area contributed by atoms with Crippen molar-refractivity contribution in [3.05, 3.63) is 59.1 Å². The van der Waals surface area contributed by atoms with Gasteiger partial charge in [-0.25, -0.2) is 13.2 Å². The van der Waals surface area contributed by atoms with Gasteiger partial charge in [0, 0.05) is 18.1 Å². The molecular weight excluding hydrogens is 414 g/mol. The van der Waals surface area contributed by atoms with E-state index < -0.39 is 16.0 Å². The minimum atomic E-state index is -3.53. The second-order valence-electron chi connectivity index (χ2n) is 6.78. The molecule has 6 nitrogen and oxygen atoms in total. The monoisotopic (exact) mass is 437 g/mol. The molecule has 156 valence electrons. The van der Waals surface area contributed by atoms with Crippen LogP contribution in [0.5, 0.6) is 5.75 Å². The lowest BCUT2D eigenvalue weighted by Gasteiger charge is -2.20. The number of esters is 1. The highest BCUT2D eigenvalue weighted by molar-refractivity contribution is 7.89. The Labute approximate surface area is 176 Å². The number of halogens is 1. The van der Waals surface area contributed by atoms with E-state index in [2.05, 4.69) is 0 Å². The van der Waals surface area contributed by atoms with Crippen molar-refractivity contribution in [1.82, 2.24) is 4.31 Å². The molecule has 0 amide bonds. The standard InChI is InChI=1S/C21H24ClNO5S/c22-18-7-9-19(10-8-18)27-15-16-28-21(24)17-5-11-20(12-6-17)29(25,26)23-13-3-1-2-4-14-23/h5-12H,1-4,13-16H2. The van der Waals surface area contributed by atoms with Crippen molar-refractivity contribution in [2.75, 3.05) is 26.3 Å². The molecule has 0 saturated carbocycles. The Morgan fingerprint density at radius 3 is 2.14 bits per heavy atom. The summed E-state index contributed by atoms with van der Waals surface area (Å²) >= 11 is 5.81. The van der Waals surface area contributed by atoms with Crippen LogP contribution in [-0.2, 0) is 14.8 Å².